The molecule has 0 aliphatic rings. The molecule has 0 aromatic carbocycles. The monoisotopic (exact) mass is 177 g/mol. The van der Waals surface area contributed by atoms with Crippen LogP contribution in [0.4, 0.5) is 0 Å². The zero-order valence-corrected chi connectivity index (χ0v) is 8.77. The lowest BCUT2D eigenvalue weighted by atomic mass is 10.1. The lowest BCUT2D eigenvalue weighted by molar-refractivity contribution is 0.804. The molecule has 0 fully saturated rings. The van der Waals surface area contributed by atoms with E-state index in [4.69, 9.17) is 5.26 Å². The SMILES string of the molecule is CCCC(=C=CCCC#N)CCC. The number of nitriles is 1. The van der Waals surface area contributed by atoms with E-state index in [-0.39, 0.29) is 0 Å². The van der Waals surface area contributed by atoms with Gasteiger partial charge < -0.3 is 0 Å². The van der Waals surface area contributed by atoms with Crippen LogP contribution < -0.4 is 0 Å². The van der Waals surface area contributed by atoms with Crippen LogP contribution >= 0.6 is 0 Å². The first-order chi connectivity index (χ1) is 6.35. The number of allylic oxidation sites excluding steroid dienone is 1. The van der Waals surface area contributed by atoms with E-state index in [9.17, 15) is 0 Å². The molecule has 0 heterocycles. The molecular weight excluding hydrogens is 158 g/mol. The Bertz CT molecular complexity index is 206. The van der Waals surface area contributed by atoms with Crippen molar-refractivity contribution in [3.8, 4) is 6.07 Å². The van der Waals surface area contributed by atoms with Crippen LogP contribution in [-0.2, 0) is 0 Å². The zero-order chi connectivity index (χ0) is 9.94. The molecule has 0 saturated heterocycles. The maximum atomic E-state index is 8.33. The summed E-state index contributed by atoms with van der Waals surface area (Å²) >= 11 is 0. The average Bonchev–Trinajstić information content (AvgIpc) is 2.13. The molecule has 0 spiro atoms. The minimum Gasteiger partial charge on any atom is -0.198 e. The van der Waals surface area contributed by atoms with Gasteiger partial charge in [0.05, 0.1) is 6.07 Å². The largest absolute Gasteiger partial charge is 0.198 e. The topological polar surface area (TPSA) is 23.8 Å². The first-order valence-electron chi connectivity index (χ1n) is 5.15. The summed E-state index contributed by atoms with van der Waals surface area (Å²) in [6.45, 7) is 4.37. The highest BCUT2D eigenvalue weighted by Gasteiger charge is 1.91. The number of hydrogen-bond acceptors (Lipinski definition) is 1. The standard InChI is InChI=1S/C12H19N/c1-3-8-12(9-4-2)10-6-5-7-11-13/h6H,3-5,7-9H2,1-2H3. The Balaban J connectivity index is 4.00. The third-order valence-corrected chi connectivity index (χ3v) is 1.81. The van der Waals surface area contributed by atoms with E-state index < -0.39 is 0 Å². The molecule has 13 heavy (non-hydrogen) atoms. The second kappa shape index (κ2) is 9.10. The molecule has 1 heteroatoms. The van der Waals surface area contributed by atoms with Crippen molar-refractivity contribution in [1.82, 2.24) is 0 Å². The first kappa shape index (κ1) is 12.0. The third-order valence-electron chi connectivity index (χ3n) is 1.81. The van der Waals surface area contributed by atoms with Gasteiger partial charge in [0.15, 0.2) is 0 Å². The minimum atomic E-state index is 0.610. The molecule has 0 aliphatic heterocycles. The Morgan fingerprint density at radius 3 is 2.31 bits per heavy atom. The number of nitrogens with zero attached hydrogens (tertiary/aromatic N) is 1. The molecule has 0 amide bonds. The van der Waals surface area contributed by atoms with Crippen LogP contribution in [0.25, 0.3) is 0 Å². The molecule has 0 N–H and O–H groups in total. The fourth-order valence-corrected chi connectivity index (χ4v) is 1.23. The Labute approximate surface area is 81.8 Å². The van der Waals surface area contributed by atoms with Crippen LogP contribution in [0, 0.1) is 11.3 Å². The molecular formula is C12H19N. The van der Waals surface area contributed by atoms with E-state index in [1.807, 2.05) is 6.08 Å². The summed E-state index contributed by atoms with van der Waals surface area (Å²) in [5, 5.41) is 8.33. The highest BCUT2D eigenvalue weighted by molar-refractivity contribution is 5.02. The maximum absolute atomic E-state index is 8.33. The van der Waals surface area contributed by atoms with Crippen molar-refractivity contribution in [3.05, 3.63) is 17.4 Å². The smallest absolute Gasteiger partial charge is 0.0625 e. The minimum absolute atomic E-state index is 0.610. The van der Waals surface area contributed by atoms with Crippen LogP contribution in [-0.4, -0.2) is 0 Å². The Kier molecular flexibility index (Phi) is 8.41. The molecule has 0 rings (SSSR count). The fraction of sp³-hybridized carbons (Fsp3) is 0.667. The number of rotatable bonds is 6. The van der Waals surface area contributed by atoms with Crippen molar-refractivity contribution in [2.75, 3.05) is 0 Å². The number of unbranched alkanes of at least 4 members (excludes halogenated alkanes) is 1. The van der Waals surface area contributed by atoms with Crippen LogP contribution in [0.2, 0.25) is 0 Å². The van der Waals surface area contributed by atoms with E-state index in [0.29, 0.717) is 6.42 Å². The van der Waals surface area contributed by atoms with Crippen molar-refractivity contribution in [2.45, 2.75) is 52.4 Å². The average molecular weight is 177 g/mol. The summed E-state index contributed by atoms with van der Waals surface area (Å²) < 4.78 is 0. The van der Waals surface area contributed by atoms with Crippen molar-refractivity contribution >= 4 is 0 Å². The summed E-state index contributed by atoms with van der Waals surface area (Å²) in [5.74, 6) is 0. The van der Waals surface area contributed by atoms with Crippen molar-refractivity contribution < 1.29 is 0 Å². The normalized spacial score (nSPS) is 8.69. The van der Waals surface area contributed by atoms with Gasteiger partial charge >= 0.3 is 0 Å². The van der Waals surface area contributed by atoms with Gasteiger partial charge in [0.25, 0.3) is 0 Å². The molecule has 0 aromatic heterocycles. The van der Waals surface area contributed by atoms with Crippen molar-refractivity contribution in [2.24, 2.45) is 0 Å². The molecule has 0 saturated carbocycles. The molecule has 0 aliphatic carbocycles. The summed E-state index contributed by atoms with van der Waals surface area (Å²) in [5.41, 5.74) is 4.70. The van der Waals surface area contributed by atoms with E-state index in [0.717, 1.165) is 19.3 Å². The van der Waals surface area contributed by atoms with Gasteiger partial charge in [0.2, 0.25) is 0 Å². The van der Waals surface area contributed by atoms with Gasteiger partial charge in [-0.2, -0.15) is 5.26 Å². The summed E-state index contributed by atoms with van der Waals surface area (Å²) in [4.78, 5) is 0. The molecule has 0 radical (unpaired) electrons. The van der Waals surface area contributed by atoms with Gasteiger partial charge in [0, 0.05) is 6.42 Å². The van der Waals surface area contributed by atoms with Gasteiger partial charge in [-0.3, -0.25) is 0 Å². The lowest BCUT2D eigenvalue weighted by Crippen LogP contribution is -1.79. The second-order valence-electron chi connectivity index (χ2n) is 3.15. The van der Waals surface area contributed by atoms with E-state index in [2.05, 4.69) is 25.6 Å². The van der Waals surface area contributed by atoms with E-state index in [1.165, 1.54) is 18.4 Å². The Morgan fingerprint density at radius 2 is 1.85 bits per heavy atom. The Morgan fingerprint density at radius 1 is 1.23 bits per heavy atom. The van der Waals surface area contributed by atoms with Crippen molar-refractivity contribution in [1.29, 1.82) is 5.26 Å². The van der Waals surface area contributed by atoms with Gasteiger partial charge in [-0.1, -0.05) is 26.7 Å². The van der Waals surface area contributed by atoms with Gasteiger partial charge in [0.1, 0.15) is 0 Å². The number of hydrogen-bond donors (Lipinski definition) is 0. The fourth-order valence-electron chi connectivity index (χ4n) is 1.23. The lowest BCUT2D eigenvalue weighted by Gasteiger charge is -1.98. The van der Waals surface area contributed by atoms with E-state index >= 15 is 0 Å². The van der Waals surface area contributed by atoms with Gasteiger partial charge in [-0.15, -0.1) is 5.73 Å². The van der Waals surface area contributed by atoms with Gasteiger partial charge in [-0.05, 0) is 30.9 Å². The Hall–Kier alpha value is -0.990. The molecule has 1 nitrogen and oxygen atoms in total. The molecule has 0 atom stereocenters. The summed E-state index contributed by atoms with van der Waals surface area (Å²) in [6, 6.07) is 2.12. The highest BCUT2D eigenvalue weighted by Crippen LogP contribution is 2.10. The zero-order valence-electron chi connectivity index (χ0n) is 8.77. The molecule has 0 bridgehead atoms. The first-order valence-corrected chi connectivity index (χ1v) is 5.15. The summed E-state index contributed by atoms with van der Waals surface area (Å²) in [6.07, 6.45) is 8.13. The molecule has 72 valence electrons. The molecule has 0 aromatic rings. The quantitative estimate of drug-likeness (QED) is 0.445. The summed E-state index contributed by atoms with van der Waals surface area (Å²) in [7, 11) is 0. The van der Waals surface area contributed by atoms with Gasteiger partial charge in [-0.25, -0.2) is 0 Å². The maximum Gasteiger partial charge on any atom is 0.0625 e. The van der Waals surface area contributed by atoms with Crippen LogP contribution in [0.15, 0.2) is 17.4 Å². The van der Waals surface area contributed by atoms with E-state index in [1.54, 1.807) is 0 Å². The predicted molar refractivity (Wildman–Crippen MR) is 56.3 cm³/mol. The van der Waals surface area contributed by atoms with Crippen molar-refractivity contribution in [3.63, 3.8) is 0 Å². The molecule has 0 unspecified atom stereocenters. The van der Waals surface area contributed by atoms with Crippen LogP contribution in [0.1, 0.15) is 52.4 Å². The van der Waals surface area contributed by atoms with Crippen LogP contribution in [0.5, 0.6) is 0 Å². The highest BCUT2D eigenvalue weighted by atomic mass is 14.2. The third kappa shape index (κ3) is 7.37. The predicted octanol–water partition coefficient (Wildman–Crippen LogP) is 3.97. The van der Waals surface area contributed by atoms with Crippen LogP contribution in [0.3, 0.4) is 0 Å². The second-order valence-corrected chi connectivity index (χ2v) is 3.15.